The van der Waals surface area contributed by atoms with Crippen molar-refractivity contribution in [2.24, 2.45) is 13.0 Å². The molecule has 222 valence electrons. The van der Waals surface area contributed by atoms with Crippen LogP contribution in [0.3, 0.4) is 0 Å². The number of carbonyl (C=O) groups excluding carboxylic acids is 2. The van der Waals surface area contributed by atoms with Crippen LogP contribution in [0.2, 0.25) is 0 Å². The SMILES string of the molecule is COC[C@H](c1cnn2cc([C@@H](NC(=O)c3ccnn3C)C3CCC(F)(F)CC3)nc2c1)N1C[C@@H](C(F)(F)F)NC1=O. The van der Waals surface area contributed by atoms with Crippen molar-refractivity contribution in [2.45, 2.75) is 55.9 Å². The number of alkyl halides is 5. The van der Waals surface area contributed by atoms with Crippen LogP contribution in [0.1, 0.15) is 59.5 Å². The van der Waals surface area contributed by atoms with E-state index in [9.17, 15) is 31.5 Å². The van der Waals surface area contributed by atoms with Crippen molar-refractivity contribution in [1.82, 2.24) is 39.9 Å². The molecule has 4 heterocycles. The molecule has 0 bridgehead atoms. The van der Waals surface area contributed by atoms with Gasteiger partial charge in [-0.25, -0.2) is 23.1 Å². The largest absolute Gasteiger partial charge is 0.410 e. The van der Waals surface area contributed by atoms with Gasteiger partial charge in [0.1, 0.15) is 11.7 Å². The third-order valence-electron chi connectivity index (χ3n) is 7.67. The molecule has 11 nitrogen and oxygen atoms in total. The third kappa shape index (κ3) is 5.96. The first-order valence-corrected chi connectivity index (χ1v) is 13.0. The Labute approximate surface area is 231 Å². The number of amides is 3. The van der Waals surface area contributed by atoms with Crippen molar-refractivity contribution in [1.29, 1.82) is 0 Å². The smallest absolute Gasteiger partial charge is 0.382 e. The van der Waals surface area contributed by atoms with Gasteiger partial charge in [0, 0.05) is 38.8 Å². The zero-order chi connectivity index (χ0) is 29.5. The minimum Gasteiger partial charge on any atom is -0.382 e. The number of halogens is 5. The van der Waals surface area contributed by atoms with Gasteiger partial charge in [-0.15, -0.1) is 0 Å². The fourth-order valence-electron chi connectivity index (χ4n) is 5.42. The lowest BCUT2D eigenvalue weighted by Crippen LogP contribution is -2.40. The van der Waals surface area contributed by atoms with E-state index in [2.05, 4.69) is 20.5 Å². The number of nitrogens with zero attached hydrogens (tertiary/aromatic N) is 6. The highest BCUT2D eigenvalue weighted by Crippen LogP contribution is 2.41. The highest BCUT2D eigenvalue weighted by atomic mass is 19.4. The van der Waals surface area contributed by atoms with Gasteiger partial charge in [-0.2, -0.15) is 23.4 Å². The van der Waals surface area contributed by atoms with E-state index >= 15 is 0 Å². The van der Waals surface area contributed by atoms with E-state index < -0.39 is 48.7 Å². The van der Waals surface area contributed by atoms with Gasteiger partial charge in [-0.05, 0) is 30.9 Å². The van der Waals surface area contributed by atoms with Crippen LogP contribution in [0.5, 0.6) is 0 Å². The van der Waals surface area contributed by atoms with E-state index in [0.29, 0.717) is 16.9 Å². The summed E-state index contributed by atoms with van der Waals surface area (Å²) in [4.78, 5) is 31.2. The van der Waals surface area contributed by atoms with Crippen LogP contribution >= 0.6 is 0 Å². The summed E-state index contributed by atoms with van der Waals surface area (Å²) in [6, 6.07) is -1.40. The maximum Gasteiger partial charge on any atom is 0.410 e. The molecule has 0 spiro atoms. The lowest BCUT2D eigenvalue weighted by Gasteiger charge is -2.33. The van der Waals surface area contributed by atoms with E-state index in [-0.39, 0.29) is 43.9 Å². The number of fused-ring (bicyclic) bond motifs is 1. The number of rotatable bonds is 8. The molecule has 41 heavy (non-hydrogen) atoms. The zero-order valence-electron chi connectivity index (χ0n) is 22.2. The van der Waals surface area contributed by atoms with Crippen molar-refractivity contribution >= 4 is 17.6 Å². The minimum atomic E-state index is -4.61. The van der Waals surface area contributed by atoms with Crippen molar-refractivity contribution in [3.63, 3.8) is 0 Å². The molecular formula is C25H29F5N8O3. The number of hydrogen-bond donors (Lipinski definition) is 2. The second kappa shape index (κ2) is 10.9. The van der Waals surface area contributed by atoms with Crippen LogP contribution in [0.4, 0.5) is 26.7 Å². The molecule has 2 aliphatic rings. The van der Waals surface area contributed by atoms with Gasteiger partial charge < -0.3 is 20.3 Å². The molecule has 1 aliphatic heterocycles. The highest BCUT2D eigenvalue weighted by molar-refractivity contribution is 5.92. The summed E-state index contributed by atoms with van der Waals surface area (Å²) in [5.74, 6) is -3.55. The van der Waals surface area contributed by atoms with Crippen molar-refractivity contribution in [2.75, 3.05) is 20.3 Å². The average Bonchev–Trinajstić information content (AvgIpc) is 3.63. The molecule has 0 unspecified atom stereocenters. The zero-order valence-corrected chi connectivity index (χ0v) is 22.2. The summed E-state index contributed by atoms with van der Waals surface area (Å²) in [6.07, 6.45) is -0.474. The number of imidazole rings is 1. The van der Waals surface area contributed by atoms with Gasteiger partial charge in [0.2, 0.25) is 5.92 Å². The molecule has 3 amide bonds. The number of aryl methyl sites for hydroxylation is 1. The van der Waals surface area contributed by atoms with Crippen molar-refractivity contribution in [3.05, 3.63) is 47.7 Å². The summed E-state index contributed by atoms with van der Waals surface area (Å²) in [6.45, 7) is -0.696. The number of nitrogens with one attached hydrogen (secondary N) is 2. The molecule has 2 N–H and O–H groups in total. The van der Waals surface area contributed by atoms with Crippen LogP contribution in [0.15, 0.2) is 30.7 Å². The maximum atomic E-state index is 13.9. The molecule has 3 aromatic heterocycles. The van der Waals surface area contributed by atoms with Crippen molar-refractivity contribution in [3.8, 4) is 0 Å². The summed E-state index contributed by atoms with van der Waals surface area (Å²) in [5, 5.41) is 13.2. The average molecular weight is 585 g/mol. The van der Waals surface area contributed by atoms with Gasteiger partial charge in [-0.3, -0.25) is 9.48 Å². The lowest BCUT2D eigenvalue weighted by atomic mass is 9.81. The molecule has 1 saturated heterocycles. The van der Waals surface area contributed by atoms with Crippen LogP contribution in [0, 0.1) is 5.92 Å². The fraction of sp³-hybridized carbons (Fsp3) is 0.560. The summed E-state index contributed by atoms with van der Waals surface area (Å²) >= 11 is 0. The molecule has 1 aliphatic carbocycles. The molecule has 5 rings (SSSR count). The van der Waals surface area contributed by atoms with Gasteiger partial charge >= 0.3 is 12.2 Å². The fourth-order valence-corrected chi connectivity index (χ4v) is 5.42. The van der Waals surface area contributed by atoms with Crippen molar-refractivity contribution < 1.29 is 36.3 Å². The Morgan fingerprint density at radius 2 is 2.00 bits per heavy atom. The molecule has 0 aromatic carbocycles. The first-order valence-electron chi connectivity index (χ1n) is 13.0. The first-order chi connectivity index (χ1) is 19.4. The molecule has 2 fully saturated rings. The van der Waals surface area contributed by atoms with Gasteiger partial charge in [0.15, 0.2) is 5.65 Å². The molecule has 3 atom stereocenters. The molecule has 0 radical (unpaired) electrons. The van der Waals surface area contributed by atoms with E-state index in [1.807, 2.05) is 5.32 Å². The predicted molar refractivity (Wildman–Crippen MR) is 133 cm³/mol. The van der Waals surface area contributed by atoms with Crippen LogP contribution in [-0.2, 0) is 11.8 Å². The third-order valence-corrected chi connectivity index (χ3v) is 7.67. The maximum absolute atomic E-state index is 13.9. The van der Waals surface area contributed by atoms with E-state index in [4.69, 9.17) is 4.74 Å². The Morgan fingerprint density at radius 3 is 2.61 bits per heavy atom. The number of methoxy groups -OCH3 is 1. The van der Waals surface area contributed by atoms with Gasteiger partial charge in [0.25, 0.3) is 5.91 Å². The number of ether oxygens (including phenoxy) is 1. The quantitative estimate of drug-likeness (QED) is 0.392. The first kappa shape index (κ1) is 28.7. The molecule has 1 saturated carbocycles. The lowest BCUT2D eigenvalue weighted by molar-refractivity contribution is -0.150. The Morgan fingerprint density at radius 1 is 1.27 bits per heavy atom. The minimum absolute atomic E-state index is 0.0942. The number of urea groups is 1. The Kier molecular flexibility index (Phi) is 7.61. The van der Waals surface area contributed by atoms with Gasteiger partial charge in [0.05, 0.1) is 43.3 Å². The van der Waals surface area contributed by atoms with E-state index in [1.165, 1.54) is 34.8 Å². The van der Waals surface area contributed by atoms with Crippen LogP contribution < -0.4 is 10.6 Å². The summed E-state index contributed by atoms with van der Waals surface area (Å²) < 4.78 is 75.7. The standard InChI is InChI=1S/C25H29F5N8O3/c1-36-17(5-8-31-36)22(39)35-21(14-3-6-24(26,27)7-4-14)16-11-38-20(33-16)9-15(10-32-38)18(13-41-2)37-12-19(25(28,29)30)34-23(37)40/h5,8-11,14,18-19,21H,3-4,6-7,12-13H2,1-2H3,(H,34,40)(H,35,39)/t18-,19+,21+/m1/s1. The number of carbonyl (C=O) groups is 2. The molecule has 16 heteroatoms. The number of aromatic nitrogens is 5. The predicted octanol–water partition coefficient (Wildman–Crippen LogP) is 3.40. The molecular weight excluding hydrogens is 555 g/mol. The van der Waals surface area contributed by atoms with Crippen LogP contribution in [0.25, 0.3) is 5.65 Å². The normalized spacial score (nSPS) is 21.2. The Balaban J connectivity index is 1.45. The topological polar surface area (TPSA) is 119 Å². The van der Waals surface area contributed by atoms with E-state index in [0.717, 1.165) is 4.90 Å². The van der Waals surface area contributed by atoms with Crippen LogP contribution in [-0.4, -0.2) is 79.6 Å². The summed E-state index contributed by atoms with van der Waals surface area (Å²) in [5.41, 5.74) is 1.36. The molecule has 3 aromatic rings. The second-order valence-corrected chi connectivity index (χ2v) is 10.4. The highest BCUT2D eigenvalue weighted by Gasteiger charge is 2.48. The van der Waals surface area contributed by atoms with E-state index in [1.54, 1.807) is 19.3 Å². The Hall–Kier alpha value is -3.82. The van der Waals surface area contributed by atoms with Gasteiger partial charge in [-0.1, -0.05) is 0 Å². The summed E-state index contributed by atoms with van der Waals surface area (Å²) in [7, 11) is 2.97. The monoisotopic (exact) mass is 584 g/mol. The Bertz CT molecular complexity index is 1410. The second-order valence-electron chi connectivity index (χ2n) is 10.4. The number of hydrogen-bond acceptors (Lipinski definition) is 6.